The summed E-state index contributed by atoms with van der Waals surface area (Å²) in [5, 5.41) is 2.94. The Hall–Kier alpha value is -2.91. The molecular weight excluding hydrogens is 490 g/mol. The Bertz CT molecular complexity index is 1250. The first-order valence-electron chi connectivity index (χ1n) is 13.3. The molecule has 3 heterocycles. The molecule has 1 aromatic carbocycles. The van der Waals surface area contributed by atoms with Gasteiger partial charge in [0.2, 0.25) is 22.7 Å². The first-order chi connectivity index (χ1) is 17.9. The first kappa shape index (κ1) is 25.7. The zero-order chi connectivity index (χ0) is 25.8. The van der Waals surface area contributed by atoms with E-state index in [1.165, 1.54) is 0 Å². The lowest BCUT2D eigenvalue weighted by atomic mass is 9.93. The molecule has 2 saturated heterocycles. The summed E-state index contributed by atoms with van der Waals surface area (Å²) in [4.78, 5) is 17.5. The Morgan fingerprint density at radius 2 is 1.95 bits per heavy atom. The van der Waals surface area contributed by atoms with E-state index in [1.54, 1.807) is 16.4 Å². The molecule has 4 aliphatic rings. The van der Waals surface area contributed by atoms with Gasteiger partial charge in [-0.1, -0.05) is 18.6 Å². The highest BCUT2D eigenvalue weighted by Gasteiger charge is 2.32. The van der Waals surface area contributed by atoms with Crippen LogP contribution in [-0.4, -0.2) is 43.7 Å². The lowest BCUT2D eigenvalue weighted by molar-refractivity contribution is -0.120. The fourth-order valence-electron chi connectivity index (χ4n) is 5.33. The number of carbonyl (C=O) groups excluding carboxylic acids is 1. The molecule has 2 fully saturated rings. The van der Waals surface area contributed by atoms with Gasteiger partial charge in [-0.15, -0.1) is 0 Å². The van der Waals surface area contributed by atoms with Crippen LogP contribution >= 0.6 is 0 Å². The number of fused-ring (bicyclic) bond motifs is 1. The van der Waals surface area contributed by atoms with E-state index in [2.05, 4.69) is 22.5 Å². The van der Waals surface area contributed by atoms with Gasteiger partial charge in [-0.3, -0.25) is 4.79 Å². The van der Waals surface area contributed by atoms with E-state index in [-0.39, 0.29) is 11.9 Å². The predicted octanol–water partition coefficient (Wildman–Crippen LogP) is 4.75. The first-order valence-corrected chi connectivity index (χ1v) is 14.7. The van der Waals surface area contributed by atoms with E-state index >= 15 is 0 Å². The third kappa shape index (κ3) is 5.99. The van der Waals surface area contributed by atoms with Crippen LogP contribution in [0.15, 0.2) is 69.7 Å². The van der Waals surface area contributed by atoms with Crippen molar-refractivity contribution >= 4 is 21.6 Å². The summed E-state index contributed by atoms with van der Waals surface area (Å²) >= 11 is 0. The van der Waals surface area contributed by atoms with Crippen molar-refractivity contribution in [1.29, 1.82) is 0 Å². The normalized spacial score (nSPS) is 23.7. The highest BCUT2D eigenvalue weighted by atomic mass is 32.2. The SMILES string of the molecule is CC1CCCN1S(=O)(=O)c1ccc(C2=NC(NC(=O)CCCCC3C=C4OCOC4=CC3)=CCC2)cc1. The van der Waals surface area contributed by atoms with Crippen LogP contribution in [0, 0.1) is 5.92 Å². The molecule has 37 heavy (non-hydrogen) atoms. The molecule has 1 aliphatic carbocycles. The van der Waals surface area contributed by atoms with Crippen molar-refractivity contribution in [3.05, 3.63) is 65.4 Å². The van der Waals surface area contributed by atoms with E-state index in [0.29, 0.717) is 36.4 Å². The van der Waals surface area contributed by atoms with E-state index < -0.39 is 10.0 Å². The molecule has 1 aromatic rings. The van der Waals surface area contributed by atoms with E-state index in [0.717, 1.165) is 74.2 Å². The summed E-state index contributed by atoms with van der Waals surface area (Å²) in [7, 11) is -3.48. The number of unbranched alkanes of at least 4 members (excludes halogenated alkanes) is 1. The quantitative estimate of drug-likeness (QED) is 0.469. The Morgan fingerprint density at radius 3 is 2.73 bits per heavy atom. The number of carbonyl (C=O) groups is 1. The van der Waals surface area contributed by atoms with Crippen molar-refractivity contribution in [3.63, 3.8) is 0 Å². The van der Waals surface area contributed by atoms with Gasteiger partial charge in [-0.2, -0.15) is 4.31 Å². The smallest absolute Gasteiger partial charge is 0.243 e. The minimum absolute atomic E-state index is 0.0332. The highest BCUT2D eigenvalue weighted by molar-refractivity contribution is 7.89. The van der Waals surface area contributed by atoms with Crippen LogP contribution in [0.1, 0.15) is 70.3 Å². The molecule has 2 atom stereocenters. The van der Waals surface area contributed by atoms with Crippen LogP contribution in [0.3, 0.4) is 0 Å². The zero-order valence-electron chi connectivity index (χ0n) is 21.3. The van der Waals surface area contributed by atoms with Crippen LogP contribution in [-0.2, 0) is 24.3 Å². The maximum atomic E-state index is 13.0. The Balaban J connectivity index is 1.10. The van der Waals surface area contributed by atoms with Crippen molar-refractivity contribution in [2.24, 2.45) is 10.9 Å². The monoisotopic (exact) mass is 525 g/mol. The number of ether oxygens (including phenoxy) is 2. The van der Waals surface area contributed by atoms with Gasteiger partial charge in [0.25, 0.3) is 0 Å². The maximum absolute atomic E-state index is 13.0. The van der Waals surface area contributed by atoms with Gasteiger partial charge in [-0.05, 0) is 93.7 Å². The third-order valence-electron chi connectivity index (χ3n) is 7.42. The van der Waals surface area contributed by atoms with Crippen LogP contribution in [0.2, 0.25) is 0 Å². The molecule has 9 heteroatoms. The molecule has 198 valence electrons. The second-order valence-corrected chi connectivity index (χ2v) is 12.0. The molecule has 1 N–H and O–H groups in total. The van der Waals surface area contributed by atoms with E-state index in [9.17, 15) is 13.2 Å². The molecule has 0 radical (unpaired) electrons. The number of hydrogen-bond donors (Lipinski definition) is 1. The summed E-state index contributed by atoms with van der Waals surface area (Å²) in [5.74, 6) is 2.67. The van der Waals surface area contributed by atoms with Crippen molar-refractivity contribution < 1.29 is 22.7 Å². The Kier molecular flexibility index (Phi) is 7.81. The number of rotatable bonds is 9. The molecule has 0 bridgehead atoms. The van der Waals surface area contributed by atoms with Crippen molar-refractivity contribution in [2.75, 3.05) is 13.3 Å². The number of sulfonamides is 1. The Labute approximate surface area is 219 Å². The number of nitrogens with one attached hydrogen (secondary N) is 1. The summed E-state index contributed by atoms with van der Waals surface area (Å²) in [5.41, 5.74) is 1.73. The predicted molar refractivity (Wildman–Crippen MR) is 141 cm³/mol. The third-order valence-corrected chi connectivity index (χ3v) is 9.45. The van der Waals surface area contributed by atoms with E-state index in [4.69, 9.17) is 9.47 Å². The van der Waals surface area contributed by atoms with Gasteiger partial charge in [-0.25, -0.2) is 13.4 Å². The van der Waals surface area contributed by atoms with Crippen LogP contribution in [0.5, 0.6) is 0 Å². The molecule has 0 saturated carbocycles. The van der Waals surface area contributed by atoms with Crippen LogP contribution in [0.25, 0.3) is 0 Å². The minimum atomic E-state index is -3.48. The lowest BCUT2D eigenvalue weighted by Gasteiger charge is -2.21. The van der Waals surface area contributed by atoms with Gasteiger partial charge in [0.1, 0.15) is 5.82 Å². The second-order valence-electron chi connectivity index (χ2n) is 10.1. The zero-order valence-corrected chi connectivity index (χ0v) is 22.1. The molecule has 8 nitrogen and oxygen atoms in total. The van der Waals surface area contributed by atoms with Gasteiger partial charge in [0.15, 0.2) is 11.5 Å². The van der Waals surface area contributed by atoms with Crippen molar-refractivity contribution in [2.45, 2.75) is 75.6 Å². The summed E-state index contributed by atoms with van der Waals surface area (Å²) < 4.78 is 38.4. The van der Waals surface area contributed by atoms with Crippen molar-refractivity contribution in [1.82, 2.24) is 9.62 Å². The second kappa shape index (κ2) is 11.2. The molecular formula is C28H35N3O5S. The molecule has 3 aliphatic heterocycles. The summed E-state index contributed by atoms with van der Waals surface area (Å²) in [6.07, 6.45) is 13.7. The fraction of sp³-hybridized carbons (Fsp3) is 0.500. The number of amides is 1. The Morgan fingerprint density at radius 1 is 1.14 bits per heavy atom. The van der Waals surface area contributed by atoms with Crippen LogP contribution < -0.4 is 5.32 Å². The largest absolute Gasteiger partial charge is 0.454 e. The minimum Gasteiger partial charge on any atom is -0.454 e. The molecule has 5 rings (SSSR count). The average Bonchev–Trinajstić information content (AvgIpc) is 3.55. The van der Waals surface area contributed by atoms with Gasteiger partial charge in [0.05, 0.1) is 10.6 Å². The van der Waals surface area contributed by atoms with Crippen LogP contribution in [0.4, 0.5) is 0 Å². The van der Waals surface area contributed by atoms with Gasteiger partial charge >= 0.3 is 0 Å². The van der Waals surface area contributed by atoms with Gasteiger partial charge < -0.3 is 14.8 Å². The van der Waals surface area contributed by atoms with Gasteiger partial charge in [0, 0.05) is 19.0 Å². The number of hydrogen-bond acceptors (Lipinski definition) is 6. The summed E-state index contributed by atoms with van der Waals surface area (Å²) in [6.45, 7) is 2.84. The maximum Gasteiger partial charge on any atom is 0.243 e. The fourth-order valence-corrected chi connectivity index (χ4v) is 7.03. The molecule has 0 aromatic heterocycles. The number of allylic oxidation sites excluding steroid dienone is 3. The standard InChI is InChI=1S/C28H35N3O5S/c1-20-6-5-17-31(20)37(33,34)23-14-12-22(13-15-23)24-8-4-9-27(29-24)30-28(32)10-3-2-7-21-11-16-25-26(18-21)36-19-35-25/h9,12-16,18,20-21H,2-8,10-11,17,19H2,1H3,(H,30,32). The number of nitrogens with zero attached hydrogens (tertiary/aromatic N) is 2. The highest BCUT2D eigenvalue weighted by Crippen LogP contribution is 2.31. The lowest BCUT2D eigenvalue weighted by Crippen LogP contribution is -2.33. The topological polar surface area (TPSA) is 97.3 Å². The number of benzene rings is 1. The summed E-state index contributed by atoms with van der Waals surface area (Å²) in [6, 6.07) is 7.01. The average molecular weight is 526 g/mol. The number of aliphatic imine (C=N–C) groups is 1. The molecule has 0 spiro atoms. The van der Waals surface area contributed by atoms with Crippen molar-refractivity contribution in [3.8, 4) is 0 Å². The molecule has 1 amide bonds. The molecule has 2 unspecified atom stereocenters. The van der Waals surface area contributed by atoms with E-state index in [1.807, 2.05) is 25.1 Å².